The molecule has 0 aliphatic heterocycles. The van der Waals surface area contributed by atoms with E-state index < -0.39 is 0 Å². The molecule has 18 heavy (non-hydrogen) atoms. The second-order valence-corrected chi connectivity index (χ2v) is 6.22. The van der Waals surface area contributed by atoms with Gasteiger partial charge in [0, 0.05) is 6.54 Å². The van der Waals surface area contributed by atoms with Gasteiger partial charge < -0.3 is 5.32 Å². The number of hydrogen-bond donors (Lipinski definition) is 1. The second kappa shape index (κ2) is 7.29. The number of aromatic nitrogens is 2. The summed E-state index contributed by atoms with van der Waals surface area (Å²) < 4.78 is 3.32. The number of rotatable bonds is 7. The highest BCUT2D eigenvalue weighted by Crippen LogP contribution is 2.24. The first-order valence-corrected chi connectivity index (χ1v) is 7.68. The van der Waals surface area contributed by atoms with Gasteiger partial charge in [-0.15, -0.1) is 0 Å². The Kier molecular flexibility index (Phi) is 6.36. The van der Waals surface area contributed by atoms with Gasteiger partial charge in [-0.3, -0.25) is 4.68 Å². The van der Waals surface area contributed by atoms with Gasteiger partial charge in [-0.2, -0.15) is 5.10 Å². The number of hydrogen-bond acceptors (Lipinski definition) is 2. The summed E-state index contributed by atoms with van der Waals surface area (Å²) in [7, 11) is 0. The molecule has 1 N–H and O–H groups in total. The van der Waals surface area contributed by atoms with Gasteiger partial charge in [0.1, 0.15) is 0 Å². The number of aryl methyl sites for hydroxylation is 1. The average molecular weight is 316 g/mol. The quantitative estimate of drug-likeness (QED) is 0.828. The van der Waals surface area contributed by atoms with Gasteiger partial charge in [0.15, 0.2) is 0 Å². The minimum absolute atomic E-state index is 0.457. The first-order chi connectivity index (χ1) is 8.47. The SMILES string of the molecule is CCCC(CNCC(C)C)n1nc(C)c(Br)c1C. The van der Waals surface area contributed by atoms with Crippen LogP contribution in [0.2, 0.25) is 0 Å². The van der Waals surface area contributed by atoms with E-state index in [4.69, 9.17) is 0 Å². The van der Waals surface area contributed by atoms with Crippen LogP contribution in [0.1, 0.15) is 51.0 Å². The summed E-state index contributed by atoms with van der Waals surface area (Å²) in [6, 6.07) is 0.457. The van der Waals surface area contributed by atoms with E-state index in [1.54, 1.807) is 0 Å². The minimum Gasteiger partial charge on any atom is -0.314 e. The van der Waals surface area contributed by atoms with Crippen LogP contribution in [0.3, 0.4) is 0 Å². The molecular formula is C14H26BrN3. The molecule has 0 saturated carbocycles. The van der Waals surface area contributed by atoms with Crippen molar-refractivity contribution in [3.05, 3.63) is 15.9 Å². The van der Waals surface area contributed by atoms with Crippen molar-refractivity contribution in [1.29, 1.82) is 0 Å². The molecule has 0 amide bonds. The third kappa shape index (κ3) is 4.09. The number of nitrogens with zero attached hydrogens (tertiary/aromatic N) is 2. The summed E-state index contributed by atoms with van der Waals surface area (Å²) in [5, 5.41) is 8.20. The Balaban J connectivity index is 2.74. The Hall–Kier alpha value is -0.350. The van der Waals surface area contributed by atoms with Crippen LogP contribution >= 0.6 is 15.9 Å². The van der Waals surface area contributed by atoms with Crippen molar-refractivity contribution in [1.82, 2.24) is 15.1 Å². The van der Waals surface area contributed by atoms with Crippen molar-refractivity contribution < 1.29 is 0 Å². The van der Waals surface area contributed by atoms with E-state index in [0.717, 1.165) is 23.3 Å². The molecule has 4 heteroatoms. The molecule has 1 aromatic heterocycles. The fourth-order valence-corrected chi connectivity index (χ4v) is 2.44. The first-order valence-electron chi connectivity index (χ1n) is 6.89. The first kappa shape index (κ1) is 15.7. The highest BCUT2D eigenvalue weighted by Gasteiger charge is 2.16. The summed E-state index contributed by atoms with van der Waals surface area (Å²) >= 11 is 3.61. The van der Waals surface area contributed by atoms with Crippen LogP contribution in [0.4, 0.5) is 0 Å². The molecular weight excluding hydrogens is 290 g/mol. The van der Waals surface area contributed by atoms with E-state index >= 15 is 0 Å². The number of halogens is 1. The van der Waals surface area contributed by atoms with Crippen LogP contribution in [0.25, 0.3) is 0 Å². The topological polar surface area (TPSA) is 29.9 Å². The zero-order valence-corrected chi connectivity index (χ0v) is 13.8. The van der Waals surface area contributed by atoms with Gasteiger partial charge in [-0.25, -0.2) is 0 Å². The Bertz CT molecular complexity index is 371. The monoisotopic (exact) mass is 315 g/mol. The molecule has 1 unspecified atom stereocenters. The summed E-state index contributed by atoms with van der Waals surface area (Å²) in [6.07, 6.45) is 2.35. The Morgan fingerprint density at radius 3 is 2.39 bits per heavy atom. The van der Waals surface area contributed by atoms with Crippen molar-refractivity contribution in [2.75, 3.05) is 13.1 Å². The maximum atomic E-state index is 4.66. The van der Waals surface area contributed by atoms with Gasteiger partial charge in [0.05, 0.1) is 21.9 Å². The molecule has 0 fully saturated rings. The lowest BCUT2D eigenvalue weighted by Crippen LogP contribution is -2.29. The number of nitrogens with one attached hydrogen (secondary N) is 1. The highest BCUT2D eigenvalue weighted by molar-refractivity contribution is 9.10. The second-order valence-electron chi connectivity index (χ2n) is 5.42. The lowest BCUT2D eigenvalue weighted by Gasteiger charge is -2.20. The Morgan fingerprint density at radius 2 is 1.94 bits per heavy atom. The lowest BCUT2D eigenvalue weighted by atomic mass is 10.1. The van der Waals surface area contributed by atoms with E-state index in [2.05, 4.69) is 65.6 Å². The molecule has 1 rings (SSSR count). The minimum atomic E-state index is 0.457. The van der Waals surface area contributed by atoms with Crippen molar-refractivity contribution in [3.63, 3.8) is 0 Å². The summed E-state index contributed by atoms with van der Waals surface area (Å²) in [6.45, 7) is 13.0. The molecule has 0 spiro atoms. The van der Waals surface area contributed by atoms with Crippen LogP contribution in [0.5, 0.6) is 0 Å². The molecule has 0 radical (unpaired) electrons. The van der Waals surface area contributed by atoms with Crippen molar-refractivity contribution in [2.24, 2.45) is 5.92 Å². The predicted molar refractivity (Wildman–Crippen MR) is 81.1 cm³/mol. The maximum absolute atomic E-state index is 4.66. The van der Waals surface area contributed by atoms with Gasteiger partial charge in [0.25, 0.3) is 0 Å². The van der Waals surface area contributed by atoms with Crippen LogP contribution in [0, 0.1) is 19.8 Å². The molecule has 104 valence electrons. The zero-order chi connectivity index (χ0) is 13.7. The van der Waals surface area contributed by atoms with Crippen molar-refractivity contribution in [2.45, 2.75) is 53.5 Å². The Morgan fingerprint density at radius 1 is 1.28 bits per heavy atom. The molecule has 0 aromatic carbocycles. The third-order valence-corrected chi connectivity index (χ3v) is 4.28. The molecule has 0 aliphatic rings. The van der Waals surface area contributed by atoms with E-state index in [1.165, 1.54) is 18.5 Å². The molecule has 0 bridgehead atoms. The summed E-state index contributed by atoms with van der Waals surface area (Å²) in [5.41, 5.74) is 2.31. The molecule has 3 nitrogen and oxygen atoms in total. The van der Waals surface area contributed by atoms with Gasteiger partial charge in [-0.1, -0.05) is 27.2 Å². The Labute approximate surface area is 119 Å². The lowest BCUT2D eigenvalue weighted by molar-refractivity contribution is 0.378. The van der Waals surface area contributed by atoms with Crippen LogP contribution in [-0.2, 0) is 0 Å². The fraction of sp³-hybridized carbons (Fsp3) is 0.786. The standard InChI is InChI=1S/C14H26BrN3/c1-6-7-13(9-16-8-10(2)3)18-12(5)14(15)11(4)17-18/h10,13,16H,6-9H2,1-5H3. The maximum Gasteiger partial charge on any atom is 0.0738 e. The molecule has 1 atom stereocenters. The van der Waals surface area contributed by atoms with Crippen LogP contribution in [-0.4, -0.2) is 22.9 Å². The normalized spacial score (nSPS) is 13.3. The van der Waals surface area contributed by atoms with E-state index in [-0.39, 0.29) is 0 Å². The van der Waals surface area contributed by atoms with Crippen LogP contribution in [0.15, 0.2) is 4.47 Å². The van der Waals surface area contributed by atoms with Gasteiger partial charge >= 0.3 is 0 Å². The van der Waals surface area contributed by atoms with Gasteiger partial charge in [-0.05, 0) is 48.7 Å². The summed E-state index contributed by atoms with van der Waals surface area (Å²) in [4.78, 5) is 0. The molecule has 0 saturated heterocycles. The molecule has 0 aliphatic carbocycles. The largest absolute Gasteiger partial charge is 0.314 e. The average Bonchev–Trinajstić information content (AvgIpc) is 2.55. The van der Waals surface area contributed by atoms with E-state index in [0.29, 0.717) is 12.0 Å². The van der Waals surface area contributed by atoms with Crippen molar-refractivity contribution >= 4 is 15.9 Å². The third-order valence-electron chi connectivity index (χ3n) is 3.14. The van der Waals surface area contributed by atoms with E-state index in [9.17, 15) is 0 Å². The fourth-order valence-electron chi connectivity index (χ4n) is 2.18. The molecule has 1 aromatic rings. The smallest absolute Gasteiger partial charge is 0.0738 e. The van der Waals surface area contributed by atoms with Crippen molar-refractivity contribution in [3.8, 4) is 0 Å². The van der Waals surface area contributed by atoms with Crippen LogP contribution < -0.4 is 5.32 Å². The highest BCUT2D eigenvalue weighted by atomic mass is 79.9. The van der Waals surface area contributed by atoms with E-state index in [1.807, 2.05) is 0 Å². The van der Waals surface area contributed by atoms with Gasteiger partial charge in [0.2, 0.25) is 0 Å². The zero-order valence-electron chi connectivity index (χ0n) is 12.3. The predicted octanol–water partition coefficient (Wildman–Crippen LogP) is 3.85. The molecule has 1 heterocycles. The summed E-state index contributed by atoms with van der Waals surface area (Å²) in [5.74, 6) is 0.694.